The second-order valence-corrected chi connectivity index (χ2v) is 4.90. The molecule has 0 radical (unpaired) electrons. The minimum atomic E-state index is 0.824. The molecule has 0 aliphatic rings. The third kappa shape index (κ3) is 1.44. The number of aromatic nitrogens is 2. The number of fused-ring (bicyclic) bond motifs is 1. The molecule has 1 aromatic carbocycles. The van der Waals surface area contributed by atoms with Crippen molar-refractivity contribution in [1.82, 2.24) is 9.55 Å². The van der Waals surface area contributed by atoms with Gasteiger partial charge in [0.25, 0.3) is 0 Å². The first kappa shape index (κ1) is 11.0. The first-order valence-corrected chi connectivity index (χ1v) is 6.08. The van der Waals surface area contributed by atoms with E-state index < -0.39 is 0 Å². The number of hydrogen-bond donors (Lipinski definition) is 2. The highest BCUT2D eigenvalue weighted by Crippen LogP contribution is 2.31. The van der Waals surface area contributed by atoms with Gasteiger partial charge in [-0.1, -0.05) is 6.07 Å². The molecule has 0 saturated carbocycles. The van der Waals surface area contributed by atoms with Gasteiger partial charge in [0.05, 0.1) is 16.9 Å². The van der Waals surface area contributed by atoms with Crippen LogP contribution in [0, 0.1) is 13.8 Å². The van der Waals surface area contributed by atoms with Crippen molar-refractivity contribution in [1.29, 1.82) is 0 Å². The second kappa shape index (κ2) is 3.67. The van der Waals surface area contributed by atoms with Crippen LogP contribution in [0.2, 0.25) is 0 Å². The van der Waals surface area contributed by atoms with E-state index in [1.165, 1.54) is 16.8 Å². The number of rotatable bonds is 1. The Labute approximate surface area is 106 Å². The van der Waals surface area contributed by atoms with Crippen LogP contribution in [0.1, 0.15) is 11.1 Å². The summed E-state index contributed by atoms with van der Waals surface area (Å²) in [5.41, 5.74) is 12.8. The first-order chi connectivity index (χ1) is 8.58. The Hall–Kier alpha value is -2.16. The molecule has 0 atom stereocenters. The standard InChI is InChI=1S/C15H17N3/c1-9-4-5-12(16)11-8-13(17-14(9)11)15-10(2)6-7-18(15)3/h4-8,17H,16H2,1-3H3. The summed E-state index contributed by atoms with van der Waals surface area (Å²) in [6.45, 7) is 4.22. The van der Waals surface area contributed by atoms with Gasteiger partial charge in [-0.05, 0) is 43.2 Å². The average molecular weight is 239 g/mol. The van der Waals surface area contributed by atoms with E-state index in [2.05, 4.69) is 54.8 Å². The monoisotopic (exact) mass is 239 g/mol. The minimum Gasteiger partial charge on any atom is -0.398 e. The van der Waals surface area contributed by atoms with Gasteiger partial charge < -0.3 is 15.3 Å². The molecule has 3 N–H and O–H groups in total. The number of nitrogens with one attached hydrogen (secondary N) is 1. The molecule has 0 aliphatic carbocycles. The molecule has 18 heavy (non-hydrogen) atoms. The number of benzene rings is 1. The summed E-state index contributed by atoms with van der Waals surface area (Å²) in [5.74, 6) is 0. The molecule has 0 aliphatic heterocycles. The molecule has 0 fully saturated rings. The quantitative estimate of drug-likeness (QED) is 0.628. The van der Waals surface area contributed by atoms with Crippen molar-refractivity contribution in [2.24, 2.45) is 7.05 Å². The van der Waals surface area contributed by atoms with Gasteiger partial charge >= 0.3 is 0 Å². The van der Waals surface area contributed by atoms with E-state index in [-0.39, 0.29) is 0 Å². The third-order valence-corrected chi connectivity index (χ3v) is 3.57. The van der Waals surface area contributed by atoms with E-state index in [9.17, 15) is 0 Å². The lowest BCUT2D eigenvalue weighted by Crippen LogP contribution is -1.91. The predicted octanol–water partition coefficient (Wildman–Crippen LogP) is 3.37. The highest BCUT2D eigenvalue weighted by molar-refractivity contribution is 5.96. The summed E-state index contributed by atoms with van der Waals surface area (Å²) < 4.78 is 2.13. The maximum atomic E-state index is 6.04. The molecular weight excluding hydrogens is 222 g/mol. The van der Waals surface area contributed by atoms with Crippen LogP contribution in [0.4, 0.5) is 5.69 Å². The van der Waals surface area contributed by atoms with Crippen LogP contribution in [0.15, 0.2) is 30.5 Å². The van der Waals surface area contributed by atoms with Gasteiger partial charge in [0.15, 0.2) is 0 Å². The number of aromatic amines is 1. The minimum absolute atomic E-state index is 0.824. The predicted molar refractivity (Wildman–Crippen MR) is 76.6 cm³/mol. The molecule has 0 bridgehead atoms. The normalized spacial score (nSPS) is 11.3. The van der Waals surface area contributed by atoms with Crippen molar-refractivity contribution < 1.29 is 0 Å². The number of anilines is 1. The van der Waals surface area contributed by atoms with Crippen LogP contribution in [0.3, 0.4) is 0 Å². The Bertz CT molecular complexity index is 673. The molecule has 0 spiro atoms. The number of aryl methyl sites for hydroxylation is 3. The van der Waals surface area contributed by atoms with Gasteiger partial charge in [-0.3, -0.25) is 0 Å². The van der Waals surface area contributed by atoms with E-state index in [0.717, 1.165) is 22.3 Å². The number of nitrogen functional groups attached to an aromatic ring is 1. The molecule has 3 aromatic rings. The fraction of sp³-hybridized carbons (Fsp3) is 0.200. The van der Waals surface area contributed by atoms with E-state index in [0.29, 0.717) is 0 Å². The smallest absolute Gasteiger partial charge is 0.0673 e. The van der Waals surface area contributed by atoms with Gasteiger partial charge in [-0.15, -0.1) is 0 Å². The lowest BCUT2D eigenvalue weighted by molar-refractivity contribution is 0.930. The van der Waals surface area contributed by atoms with Crippen LogP contribution in [-0.4, -0.2) is 9.55 Å². The zero-order valence-electron chi connectivity index (χ0n) is 10.9. The fourth-order valence-electron chi connectivity index (χ4n) is 2.57. The van der Waals surface area contributed by atoms with Crippen molar-refractivity contribution in [3.8, 4) is 11.4 Å². The van der Waals surface area contributed by atoms with Gasteiger partial charge in [0, 0.05) is 24.3 Å². The number of hydrogen-bond acceptors (Lipinski definition) is 1. The molecule has 3 rings (SSSR count). The molecule has 0 amide bonds. The highest BCUT2D eigenvalue weighted by atomic mass is 15.0. The average Bonchev–Trinajstić information content (AvgIpc) is 2.89. The Morgan fingerprint density at radius 2 is 1.89 bits per heavy atom. The Kier molecular flexibility index (Phi) is 2.23. The van der Waals surface area contributed by atoms with Gasteiger partial charge in [0.2, 0.25) is 0 Å². The molecule has 92 valence electrons. The Morgan fingerprint density at radius 1 is 1.11 bits per heavy atom. The number of nitrogens with zero attached hydrogens (tertiary/aromatic N) is 1. The summed E-state index contributed by atoms with van der Waals surface area (Å²) in [6.07, 6.45) is 2.08. The van der Waals surface area contributed by atoms with E-state index in [1.807, 2.05) is 6.07 Å². The van der Waals surface area contributed by atoms with Crippen molar-refractivity contribution in [2.75, 3.05) is 5.73 Å². The number of nitrogens with two attached hydrogens (primary N) is 1. The molecule has 3 nitrogen and oxygen atoms in total. The topological polar surface area (TPSA) is 46.7 Å². The van der Waals surface area contributed by atoms with Crippen molar-refractivity contribution in [2.45, 2.75) is 13.8 Å². The molecule has 0 saturated heterocycles. The summed E-state index contributed by atoms with van der Waals surface area (Å²) >= 11 is 0. The summed E-state index contributed by atoms with van der Waals surface area (Å²) in [6, 6.07) is 8.28. The van der Waals surface area contributed by atoms with Crippen LogP contribution in [0.25, 0.3) is 22.3 Å². The van der Waals surface area contributed by atoms with Gasteiger partial charge in [-0.2, -0.15) is 0 Å². The van der Waals surface area contributed by atoms with Crippen LogP contribution in [0.5, 0.6) is 0 Å². The highest BCUT2D eigenvalue weighted by Gasteiger charge is 2.11. The van der Waals surface area contributed by atoms with Crippen LogP contribution < -0.4 is 5.73 Å². The zero-order chi connectivity index (χ0) is 12.9. The maximum Gasteiger partial charge on any atom is 0.0673 e. The van der Waals surface area contributed by atoms with E-state index in [4.69, 9.17) is 5.73 Å². The fourth-order valence-corrected chi connectivity index (χ4v) is 2.57. The lowest BCUT2D eigenvalue weighted by Gasteiger charge is -2.02. The molecular formula is C15H17N3. The Balaban J connectivity index is 2.32. The van der Waals surface area contributed by atoms with E-state index in [1.54, 1.807) is 0 Å². The Morgan fingerprint density at radius 3 is 2.50 bits per heavy atom. The van der Waals surface area contributed by atoms with Crippen molar-refractivity contribution in [3.05, 3.63) is 41.6 Å². The molecule has 3 heteroatoms. The lowest BCUT2D eigenvalue weighted by atomic mass is 10.1. The SMILES string of the molecule is Cc1ccn(C)c1-c1cc2c(N)ccc(C)c2[nH]1. The summed E-state index contributed by atoms with van der Waals surface area (Å²) in [4.78, 5) is 3.49. The largest absolute Gasteiger partial charge is 0.398 e. The molecule has 2 heterocycles. The third-order valence-electron chi connectivity index (χ3n) is 3.57. The maximum absolute atomic E-state index is 6.04. The van der Waals surface area contributed by atoms with Crippen LogP contribution >= 0.6 is 0 Å². The van der Waals surface area contributed by atoms with Crippen molar-refractivity contribution >= 4 is 16.6 Å². The van der Waals surface area contributed by atoms with Gasteiger partial charge in [-0.25, -0.2) is 0 Å². The second-order valence-electron chi connectivity index (χ2n) is 4.90. The zero-order valence-corrected chi connectivity index (χ0v) is 10.9. The molecule has 2 aromatic heterocycles. The molecule has 0 unspecified atom stereocenters. The first-order valence-electron chi connectivity index (χ1n) is 6.08. The number of H-pyrrole nitrogens is 1. The van der Waals surface area contributed by atoms with Crippen LogP contribution in [-0.2, 0) is 7.05 Å². The van der Waals surface area contributed by atoms with Gasteiger partial charge in [0.1, 0.15) is 0 Å². The van der Waals surface area contributed by atoms with E-state index >= 15 is 0 Å². The summed E-state index contributed by atoms with van der Waals surface area (Å²) in [7, 11) is 2.06. The van der Waals surface area contributed by atoms with Crippen molar-refractivity contribution in [3.63, 3.8) is 0 Å². The summed E-state index contributed by atoms with van der Waals surface area (Å²) in [5, 5.41) is 1.10.